The van der Waals surface area contributed by atoms with Crippen LogP contribution >= 0.6 is 0 Å². The largest absolute Gasteiger partial charge is 0.366 e. The molecule has 0 bridgehead atoms. The summed E-state index contributed by atoms with van der Waals surface area (Å²) in [7, 11) is 0. The summed E-state index contributed by atoms with van der Waals surface area (Å²) in [6.45, 7) is 3.22. The van der Waals surface area contributed by atoms with E-state index in [1.54, 1.807) is 6.20 Å². The molecule has 1 aromatic heterocycles. The van der Waals surface area contributed by atoms with Gasteiger partial charge < -0.3 is 16.4 Å². The fourth-order valence-electron chi connectivity index (χ4n) is 0.793. The summed E-state index contributed by atoms with van der Waals surface area (Å²) in [5.74, 6) is 0.768. The number of hydrogen-bond donors (Lipinski definition) is 4. The molecule has 0 radical (unpaired) electrons. The summed E-state index contributed by atoms with van der Waals surface area (Å²) < 4.78 is 0. The highest BCUT2D eigenvalue weighted by molar-refractivity contribution is 5.28. The maximum Gasteiger partial charge on any atom is 0.168 e. The van der Waals surface area contributed by atoms with E-state index in [2.05, 4.69) is 26.0 Å². The SMILES string of the molecule is NCCNCCNc1cn[nH]n1. The van der Waals surface area contributed by atoms with E-state index < -0.39 is 0 Å². The van der Waals surface area contributed by atoms with Crippen LogP contribution < -0.4 is 16.4 Å². The molecule has 0 saturated carbocycles. The van der Waals surface area contributed by atoms with Crippen molar-refractivity contribution in [3.8, 4) is 0 Å². The smallest absolute Gasteiger partial charge is 0.168 e. The summed E-state index contributed by atoms with van der Waals surface area (Å²) in [6, 6.07) is 0. The number of hydrogen-bond acceptors (Lipinski definition) is 5. The molecule has 6 nitrogen and oxygen atoms in total. The quantitative estimate of drug-likeness (QED) is 0.401. The van der Waals surface area contributed by atoms with Gasteiger partial charge in [0.1, 0.15) is 0 Å². The number of nitrogens with zero attached hydrogens (tertiary/aromatic N) is 2. The second kappa shape index (κ2) is 5.50. The van der Waals surface area contributed by atoms with Gasteiger partial charge in [-0.25, -0.2) is 0 Å². The first-order valence-corrected chi connectivity index (χ1v) is 3.94. The molecule has 0 unspecified atom stereocenters. The van der Waals surface area contributed by atoms with Crippen LogP contribution in [0.15, 0.2) is 6.20 Å². The summed E-state index contributed by atoms with van der Waals surface area (Å²) in [5, 5.41) is 16.2. The maximum absolute atomic E-state index is 5.30. The van der Waals surface area contributed by atoms with E-state index in [-0.39, 0.29) is 0 Å². The van der Waals surface area contributed by atoms with Crippen molar-refractivity contribution in [3.63, 3.8) is 0 Å². The monoisotopic (exact) mass is 170 g/mol. The Hall–Kier alpha value is -1.14. The number of nitrogens with one attached hydrogen (secondary N) is 3. The van der Waals surface area contributed by atoms with Crippen molar-refractivity contribution >= 4 is 5.82 Å². The molecule has 0 saturated heterocycles. The molecular formula is C6H14N6. The van der Waals surface area contributed by atoms with Gasteiger partial charge in [-0.2, -0.15) is 10.3 Å². The molecule has 5 N–H and O–H groups in total. The highest BCUT2D eigenvalue weighted by atomic mass is 15.3. The predicted molar refractivity (Wildman–Crippen MR) is 46.8 cm³/mol. The lowest BCUT2D eigenvalue weighted by molar-refractivity contribution is 0.706. The molecule has 0 fully saturated rings. The van der Waals surface area contributed by atoms with Gasteiger partial charge in [0.05, 0.1) is 6.20 Å². The van der Waals surface area contributed by atoms with Crippen LogP contribution in [0.3, 0.4) is 0 Å². The Labute approximate surface area is 70.9 Å². The van der Waals surface area contributed by atoms with Crippen molar-refractivity contribution in [2.24, 2.45) is 5.73 Å². The molecule has 6 heteroatoms. The molecule has 12 heavy (non-hydrogen) atoms. The van der Waals surface area contributed by atoms with Gasteiger partial charge in [0, 0.05) is 26.2 Å². The van der Waals surface area contributed by atoms with Gasteiger partial charge in [-0.1, -0.05) is 0 Å². The minimum Gasteiger partial charge on any atom is -0.366 e. The van der Waals surface area contributed by atoms with E-state index in [0.717, 1.165) is 25.5 Å². The summed E-state index contributed by atoms with van der Waals surface area (Å²) in [5.41, 5.74) is 5.30. The number of H-pyrrole nitrogens is 1. The summed E-state index contributed by atoms with van der Waals surface area (Å²) in [4.78, 5) is 0. The predicted octanol–water partition coefficient (Wildman–Crippen LogP) is -1.24. The van der Waals surface area contributed by atoms with Crippen LogP contribution in [0.4, 0.5) is 5.82 Å². The Morgan fingerprint density at radius 2 is 2.33 bits per heavy atom. The van der Waals surface area contributed by atoms with Crippen molar-refractivity contribution in [3.05, 3.63) is 6.20 Å². The number of aromatic amines is 1. The fourth-order valence-corrected chi connectivity index (χ4v) is 0.793. The van der Waals surface area contributed by atoms with Crippen LogP contribution in [0.25, 0.3) is 0 Å². The molecule has 1 heterocycles. The molecule has 0 aromatic carbocycles. The topological polar surface area (TPSA) is 91.6 Å². The standard InChI is InChI=1S/C6H14N6/c7-1-2-8-3-4-9-6-5-10-12-11-6/h5,8H,1-4,7H2,(H2,9,10,11,12). The number of rotatable bonds is 6. The van der Waals surface area contributed by atoms with Crippen molar-refractivity contribution in [2.45, 2.75) is 0 Å². The van der Waals surface area contributed by atoms with Gasteiger partial charge in [0.15, 0.2) is 5.82 Å². The molecule has 0 amide bonds. The minimum absolute atomic E-state index is 0.671. The van der Waals surface area contributed by atoms with E-state index >= 15 is 0 Å². The van der Waals surface area contributed by atoms with E-state index in [1.807, 2.05) is 0 Å². The van der Waals surface area contributed by atoms with Crippen molar-refractivity contribution in [1.29, 1.82) is 0 Å². The molecule has 0 atom stereocenters. The fraction of sp³-hybridized carbons (Fsp3) is 0.667. The van der Waals surface area contributed by atoms with E-state index in [1.165, 1.54) is 0 Å². The zero-order valence-corrected chi connectivity index (χ0v) is 6.88. The first kappa shape index (κ1) is 8.95. The average Bonchev–Trinajstić information content (AvgIpc) is 2.57. The zero-order valence-electron chi connectivity index (χ0n) is 6.88. The Kier molecular flexibility index (Phi) is 4.11. The van der Waals surface area contributed by atoms with E-state index in [9.17, 15) is 0 Å². The second-order valence-electron chi connectivity index (χ2n) is 2.32. The molecule has 68 valence electrons. The van der Waals surface area contributed by atoms with Crippen LogP contribution in [-0.2, 0) is 0 Å². The van der Waals surface area contributed by atoms with Gasteiger partial charge in [-0.15, -0.1) is 5.10 Å². The van der Waals surface area contributed by atoms with E-state index in [0.29, 0.717) is 6.54 Å². The first-order chi connectivity index (χ1) is 5.93. The molecule has 0 aliphatic carbocycles. The Morgan fingerprint density at radius 1 is 1.42 bits per heavy atom. The van der Waals surface area contributed by atoms with Gasteiger partial charge in [0.25, 0.3) is 0 Å². The first-order valence-electron chi connectivity index (χ1n) is 3.94. The second-order valence-corrected chi connectivity index (χ2v) is 2.32. The van der Waals surface area contributed by atoms with E-state index in [4.69, 9.17) is 5.73 Å². The lowest BCUT2D eigenvalue weighted by Crippen LogP contribution is -2.27. The van der Waals surface area contributed by atoms with Crippen LogP contribution in [0.1, 0.15) is 0 Å². The lowest BCUT2D eigenvalue weighted by atomic mass is 10.5. The minimum atomic E-state index is 0.671. The Morgan fingerprint density at radius 3 is 3.00 bits per heavy atom. The Bertz CT molecular complexity index is 184. The van der Waals surface area contributed by atoms with Gasteiger partial charge in [-0.05, 0) is 0 Å². The van der Waals surface area contributed by atoms with Crippen LogP contribution in [0.2, 0.25) is 0 Å². The Balaban J connectivity index is 1.96. The van der Waals surface area contributed by atoms with Crippen molar-refractivity contribution in [2.75, 3.05) is 31.5 Å². The van der Waals surface area contributed by atoms with Crippen LogP contribution in [-0.4, -0.2) is 41.6 Å². The van der Waals surface area contributed by atoms with Gasteiger partial charge >= 0.3 is 0 Å². The zero-order chi connectivity index (χ0) is 8.65. The summed E-state index contributed by atoms with van der Waals surface area (Å²) >= 11 is 0. The molecule has 0 aliphatic rings. The number of nitrogens with two attached hydrogens (primary N) is 1. The molecule has 0 spiro atoms. The highest BCUT2D eigenvalue weighted by Gasteiger charge is 1.91. The van der Waals surface area contributed by atoms with Crippen molar-refractivity contribution in [1.82, 2.24) is 20.7 Å². The van der Waals surface area contributed by atoms with Gasteiger partial charge in [0.2, 0.25) is 0 Å². The van der Waals surface area contributed by atoms with Crippen LogP contribution in [0.5, 0.6) is 0 Å². The third kappa shape index (κ3) is 3.31. The normalized spacial score (nSPS) is 10.1. The third-order valence-electron chi connectivity index (χ3n) is 1.34. The average molecular weight is 170 g/mol. The molecule has 1 rings (SSSR count). The van der Waals surface area contributed by atoms with Crippen LogP contribution in [0, 0.1) is 0 Å². The highest BCUT2D eigenvalue weighted by Crippen LogP contribution is 1.92. The van der Waals surface area contributed by atoms with Crippen molar-refractivity contribution < 1.29 is 0 Å². The van der Waals surface area contributed by atoms with Gasteiger partial charge in [-0.3, -0.25) is 0 Å². The maximum atomic E-state index is 5.30. The molecular weight excluding hydrogens is 156 g/mol. The molecule has 1 aromatic rings. The number of anilines is 1. The summed E-state index contributed by atoms with van der Waals surface area (Å²) in [6.07, 6.45) is 1.64. The number of aromatic nitrogens is 3. The lowest BCUT2D eigenvalue weighted by Gasteiger charge is -2.02. The third-order valence-corrected chi connectivity index (χ3v) is 1.34. The molecule has 0 aliphatic heterocycles.